The number of carboxylic acid groups (broad SMARTS) is 1. The summed E-state index contributed by atoms with van der Waals surface area (Å²) in [4.78, 5) is 35.7. The molecule has 11 nitrogen and oxygen atoms in total. The summed E-state index contributed by atoms with van der Waals surface area (Å²) in [6.45, 7) is 4.65. The third-order valence-electron chi connectivity index (χ3n) is 10.5. The second-order valence-electron chi connectivity index (χ2n) is 14.0. The number of phenols is 1. The zero-order valence-corrected chi connectivity index (χ0v) is 29.3. The number of phenolic OH excluding ortho intramolecular Hbond substituents is 1. The molecule has 2 aromatic heterocycles. The number of hydrogen-bond donors (Lipinski definition) is 5. The number of rotatable bonds is 18. The molecule has 2 bridgehead atoms. The quantitative estimate of drug-likeness (QED) is 0.0763. The number of aliphatic hydroxyl groups is 1. The molecule has 5 N–H and O–H groups in total. The maximum absolute atomic E-state index is 12.9. The van der Waals surface area contributed by atoms with Crippen LogP contribution in [0.1, 0.15) is 86.6 Å². The number of aliphatic hydroxyl groups excluding tert-OH is 1. The Morgan fingerprint density at radius 3 is 2.43 bits per heavy atom. The number of nitrogens with zero attached hydrogens (tertiary/aromatic N) is 3. The standard InChI is InChI=1S/C40H51N5O6/c46-35-15-13-32(33-14-16-37(48)43-38(33)35)36(47)26-41-19-9-4-2-1-3-5-10-22-51-31-23-30(24-42-25-31)39(29-11-7-6-8-12-29)45(40(49)50)34-27-44-20-17-28(34)18-21-44/h6-8,11-16,23-25,28,34,36,39,41,46-47H,1-5,9-10,17-22,26-27H2,(H,43,48)(H,49,50)/t34?,36-,39+/m0/s1. The fraction of sp³-hybridized carbons (Fsp3) is 0.475. The number of aromatic nitrogens is 2. The van der Waals surface area contributed by atoms with Gasteiger partial charge in [0, 0.05) is 36.3 Å². The van der Waals surface area contributed by atoms with Gasteiger partial charge in [-0.1, -0.05) is 68.5 Å². The maximum atomic E-state index is 12.9. The van der Waals surface area contributed by atoms with E-state index in [1.54, 1.807) is 29.4 Å². The van der Waals surface area contributed by atoms with Crippen LogP contribution >= 0.6 is 0 Å². The van der Waals surface area contributed by atoms with Crippen molar-refractivity contribution < 1.29 is 24.9 Å². The van der Waals surface area contributed by atoms with Gasteiger partial charge in [-0.25, -0.2) is 4.79 Å². The topological polar surface area (TPSA) is 151 Å². The first-order valence-corrected chi connectivity index (χ1v) is 18.5. The first-order chi connectivity index (χ1) is 24.9. The molecule has 0 spiro atoms. The van der Waals surface area contributed by atoms with E-state index in [1.165, 1.54) is 12.1 Å². The molecule has 3 atom stereocenters. The van der Waals surface area contributed by atoms with Crippen LogP contribution in [0.5, 0.6) is 11.5 Å². The van der Waals surface area contributed by atoms with Crippen molar-refractivity contribution in [1.82, 2.24) is 25.1 Å². The van der Waals surface area contributed by atoms with Crippen molar-refractivity contribution in [3.63, 3.8) is 0 Å². The van der Waals surface area contributed by atoms with E-state index in [9.17, 15) is 24.9 Å². The van der Waals surface area contributed by atoms with E-state index >= 15 is 0 Å². The number of carbonyl (C=O) groups is 1. The molecule has 1 amide bonds. The molecule has 4 aromatic rings. The molecule has 0 saturated carbocycles. The molecule has 5 heterocycles. The minimum absolute atomic E-state index is 0.0144. The zero-order valence-electron chi connectivity index (χ0n) is 29.3. The number of unbranched alkanes of at least 4 members (excludes halogenated alkanes) is 6. The van der Waals surface area contributed by atoms with Crippen LogP contribution in [0.4, 0.5) is 4.79 Å². The third-order valence-corrected chi connectivity index (χ3v) is 10.5. The lowest BCUT2D eigenvalue weighted by molar-refractivity contribution is -0.000854. The van der Waals surface area contributed by atoms with E-state index in [0.717, 1.165) is 95.1 Å². The highest BCUT2D eigenvalue weighted by Gasteiger charge is 2.43. The summed E-state index contributed by atoms with van der Waals surface area (Å²) in [5.41, 5.74) is 2.47. The maximum Gasteiger partial charge on any atom is 0.408 e. The van der Waals surface area contributed by atoms with Crippen molar-refractivity contribution in [2.75, 3.05) is 39.3 Å². The van der Waals surface area contributed by atoms with Gasteiger partial charge in [0.2, 0.25) is 5.56 Å². The highest BCUT2D eigenvalue weighted by atomic mass is 16.5. The Balaban J connectivity index is 0.902. The SMILES string of the molecule is O=C(O)N(C1CN2CCC1CC2)[C@H](c1ccccc1)c1cncc(OCCCCCCCCCNC[C@H](O)c2ccc(O)c3[nH]c(=O)ccc23)c1. The average molecular weight is 698 g/mol. The van der Waals surface area contributed by atoms with Gasteiger partial charge < -0.3 is 35.3 Å². The minimum atomic E-state index is -0.899. The van der Waals surface area contributed by atoms with E-state index in [-0.39, 0.29) is 17.4 Å². The average Bonchev–Trinajstić information content (AvgIpc) is 3.15. The molecular weight excluding hydrogens is 646 g/mol. The van der Waals surface area contributed by atoms with Crippen LogP contribution in [0.3, 0.4) is 0 Å². The molecule has 11 heteroatoms. The Morgan fingerprint density at radius 2 is 1.71 bits per heavy atom. The number of aromatic amines is 1. The zero-order chi connectivity index (χ0) is 35.6. The van der Waals surface area contributed by atoms with Gasteiger partial charge in [0.15, 0.2) is 0 Å². The molecular formula is C40H51N5O6. The van der Waals surface area contributed by atoms with Crippen molar-refractivity contribution in [2.45, 2.75) is 76.0 Å². The van der Waals surface area contributed by atoms with Gasteiger partial charge >= 0.3 is 6.09 Å². The summed E-state index contributed by atoms with van der Waals surface area (Å²) in [6.07, 6.45) is 11.5. The smallest absolute Gasteiger partial charge is 0.408 e. The van der Waals surface area contributed by atoms with Crippen LogP contribution in [0.2, 0.25) is 0 Å². The molecule has 3 saturated heterocycles. The lowest BCUT2D eigenvalue weighted by Crippen LogP contribution is -2.59. The van der Waals surface area contributed by atoms with Crippen LogP contribution in [-0.4, -0.2) is 86.6 Å². The Morgan fingerprint density at radius 1 is 0.961 bits per heavy atom. The Kier molecular flexibility index (Phi) is 12.6. The molecule has 3 aliphatic heterocycles. The molecule has 51 heavy (non-hydrogen) atoms. The molecule has 2 aromatic carbocycles. The number of ether oxygens (including phenoxy) is 1. The van der Waals surface area contributed by atoms with E-state index < -0.39 is 18.2 Å². The number of pyridine rings is 2. The Hall–Kier alpha value is -4.45. The predicted octanol–water partition coefficient (Wildman–Crippen LogP) is 6.23. The third kappa shape index (κ3) is 9.27. The number of H-pyrrole nitrogens is 1. The number of fused-ring (bicyclic) bond motifs is 4. The van der Waals surface area contributed by atoms with Gasteiger partial charge in [-0.3, -0.25) is 14.7 Å². The second kappa shape index (κ2) is 17.7. The largest absolute Gasteiger partial charge is 0.506 e. The summed E-state index contributed by atoms with van der Waals surface area (Å²) in [7, 11) is 0. The first-order valence-electron chi connectivity index (χ1n) is 18.5. The fourth-order valence-electron chi connectivity index (χ4n) is 7.83. The van der Waals surface area contributed by atoms with E-state index in [4.69, 9.17) is 4.74 Å². The minimum Gasteiger partial charge on any atom is -0.506 e. The van der Waals surface area contributed by atoms with Crippen molar-refractivity contribution in [1.29, 1.82) is 0 Å². The lowest BCUT2D eigenvalue weighted by Gasteiger charge is -2.50. The Bertz CT molecular complexity index is 1780. The van der Waals surface area contributed by atoms with Gasteiger partial charge in [-0.15, -0.1) is 0 Å². The summed E-state index contributed by atoms with van der Waals surface area (Å²) < 4.78 is 6.13. The summed E-state index contributed by atoms with van der Waals surface area (Å²) >= 11 is 0. The van der Waals surface area contributed by atoms with Crippen molar-refractivity contribution >= 4 is 17.0 Å². The summed E-state index contributed by atoms with van der Waals surface area (Å²) in [5.74, 6) is 1.02. The van der Waals surface area contributed by atoms with Crippen molar-refractivity contribution in [3.05, 3.63) is 100 Å². The van der Waals surface area contributed by atoms with E-state index in [0.29, 0.717) is 41.3 Å². The number of nitrogens with one attached hydrogen (secondary N) is 2. The highest BCUT2D eigenvalue weighted by Crippen LogP contribution is 2.39. The van der Waals surface area contributed by atoms with E-state index in [1.807, 2.05) is 36.4 Å². The molecule has 7 rings (SSSR count). The molecule has 0 aliphatic carbocycles. The highest BCUT2D eigenvalue weighted by molar-refractivity contribution is 5.87. The molecule has 3 aliphatic rings. The predicted molar refractivity (Wildman–Crippen MR) is 197 cm³/mol. The van der Waals surface area contributed by atoms with Crippen molar-refractivity contribution in [3.8, 4) is 11.5 Å². The number of hydrogen-bond acceptors (Lipinski definition) is 8. The number of amides is 1. The molecule has 0 radical (unpaired) electrons. The van der Waals surface area contributed by atoms with Crippen LogP contribution in [0.15, 0.2) is 77.9 Å². The van der Waals surface area contributed by atoms with E-state index in [2.05, 4.69) is 20.2 Å². The summed E-state index contributed by atoms with van der Waals surface area (Å²) in [5, 5.41) is 35.3. The monoisotopic (exact) mass is 697 g/mol. The van der Waals surface area contributed by atoms with Gasteiger partial charge in [0.05, 0.1) is 36.5 Å². The van der Waals surface area contributed by atoms with Crippen LogP contribution in [-0.2, 0) is 0 Å². The lowest BCUT2D eigenvalue weighted by atomic mass is 9.81. The van der Waals surface area contributed by atoms with Crippen molar-refractivity contribution in [2.24, 2.45) is 5.92 Å². The van der Waals surface area contributed by atoms with Gasteiger partial charge in [0.1, 0.15) is 11.5 Å². The van der Waals surface area contributed by atoms with Crippen LogP contribution in [0.25, 0.3) is 10.9 Å². The van der Waals surface area contributed by atoms with Gasteiger partial charge in [0.25, 0.3) is 0 Å². The molecule has 3 fully saturated rings. The van der Waals surface area contributed by atoms with Crippen LogP contribution in [0, 0.1) is 5.92 Å². The first kappa shape index (κ1) is 36.3. The second-order valence-corrected chi connectivity index (χ2v) is 14.0. The summed E-state index contributed by atoms with van der Waals surface area (Å²) in [6, 6.07) is 17.5. The van der Waals surface area contributed by atoms with Gasteiger partial charge in [-0.05, 0) is 80.6 Å². The Labute approximate surface area is 299 Å². The van der Waals surface area contributed by atoms with Crippen LogP contribution < -0.4 is 15.6 Å². The number of aromatic hydroxyl groups is 1. The van der Waals surface area contributed by atoms with Gasteiger partial charge in [-0.2, -0.15) is 0 Å². The normalized spacial score (nSPS) is 19.5. The number of benzene rings is 2. The number of piperidine rings is 3. The molecule has 1 unspecified atom stereocenters. The molecule has 272 valence electrons. The fourth-order valence-corrected chi connectivity index (χ4v) is 7.83.